The van der Waals surface area contributed by atoms with Crippen molar-refractivity contribution in [1.82, 2.24) is 4.90 Å². The summed E-state index contributed by atoms with van der Waals surface area (Å²) in [4.78, 5) is 49.4. The summed E-state index contributed by atoms with van der Waals surface area (Å²) in [6.07, 6.45) is 0.236. The highest BCUT2D eigenvalue weighted by Crippen LogP contribution is 2.47. The number of hydrogen-bond donors (Lipinski definition) is 2. The van der Waals surface area contributed by atoms with Crippen LogP contribution in [0.4, 0.5) is 5.69 Å². The third-order valence-electron chi connectivity index (χ3n) is 5.28. The smallest absolute Gasteiger partial charge is 0.328 e. The van der Waals surface area contributed by atoms with E-state index in [0.717, 1.165) is 27.3 Å². The first kappa shape index (κ1) is 29.6. The first-order valence-electron chi connectivity index (χ1n) is 11.5. The van der Waals surface area contributed by atoms with Crippen LogP contribution >= 0.6 is 11.8 Å². The van der Waals surface area contributed by atoms with E-state index in [-0.39, 0.29) is 11.2 Å². The number of ether oxygens (including phenoxy) is 1. The molecule has 37 heavy (non-hydrogen) atoms. The average Bonchev–Trinajstić information content (AvgIpc) is 2.91. The molecule has 198 valence electrons. The molecule has 9 nitrogen and oxygen atoms in total. The quantitative estimate of drug-likeness (QED) is 0.409. The fourth-order valence-electron chi connectivity index (χ4n) is 3.50. The van der Waals surface area contributed by atoms with E-state index in [9.17, 15) is 19.2 Å². The molecule has 0 aromatic heterocycles. The van der Waals surface area contributed by atoms with Crippen molar-refractivity contribution in [1.29, 1.82) is 0 Å². The molecule has 0 aliphatic carbocycles. The number of fused-ring (bicyclic) bond motifs is 1. The molecule has 3 rings (SSSR count). The number of amides is 1. The number of carboxylic acid groups (broad SMARTS) is 2. The van der Waals surface area contributed by atoms with Gasteiger partial charge in [0.05, 0.1) is 10.9 Å². The van der Waals surface area contributed by atoms with E-state index in [1.165, 1.54) is 6.92 Å². The van der Waals surface area contributed by atoms with E-state index >= 15 is 0 Å². The maximum Gasteiger partial charge on any atom is 0.328 e. The molecule has 0 spiro atoms. The summed E-state index contributed by atoms with van der Waals surface area (Å²) in [5.41, 5.74) is 4.12. The normalized spacial score (nSPS) is 17.0. The molecule has 0 unspecified atom stereocenters. The summed E-state index contributed by atoms with van der Waals surface area (Å²) < 4.78 is 5.61. The second kappa shape index (κ2) is 13.6. The van der Waals surface area contributed by atoms with Crippen LogP contribution in [0.2, 0.25) is 0 Å². The van der Waals surface area contributed by atoms with Gasteiger partial charge in [-0.25, -0.2) is 9.59 Å². The van der Waals surface area contributed by atoms with Gasteiger partial charge in [-0.3, -0.25) is 9.59 Å². The molecule has 2 atom stereocenters. The summed E-state index contributed by atoms with van der Waals surface area (Å²) in [5.74, 6) is -3.14. The van der Waals surface area contributed by atoms with Crippen molar-refractivity contribution in [3.63, 3.8) is 0 Å². The largest absolute Gasteiger partial charge is 0.478 e. The number of carboxylic acids is 2. The van der Waals surface area contributed by atoms with Gasteiger partial charge < -0.3 is 24.7 Å². The predicted octanol–water partition coefficient (Wildman–Crippen LogP) is 3.69. The molecule has 1 amide bonds. The van der Waals surface area contributed by atoms with Gasteiger partial charge in [-0.2, -0.15) is 0 Å². The number of nitrogens with zero attached hydrogens (tertiary/aromatic N) is 2. The van der Waals surface area contributed by atoms with Crippen LogP contribution in [0.5, 0.6) is 0 Å². The van der Waals surface area contributed by atoms with Crippen LogP contribution in [0.25, 0.3) is 0 Å². The van der Waals surface area contributed by atoms with E-state index < -0.39 is 24.0 Å². The van der Waals surface area contributed by atoms with Crippen LogP contribution in [-0.4, -0.2) is 72.2 Å². The van der Waals surface area contributed by atoms with Crippen molar-refractivity contribution in [3.8, 4) is 0 Å². The fraction of sp³-hybridized carbons (Fsp3) is 0.333. The number of aryl methyl sites for hydroxylation is 2. The highest BCUT2D eigenvalue weighted by atomic mass is 32.2. The minimum Gasteiger partial charge on any atom is -0.478 e. The number of carbonyl (C=O) groups excluding carboxylic acids is 2. The molecule has 2 aromatic carbocycles. The molecule has 10 heteroatoms. The van der Waals surface area contributed by atoms with Crippen LogP contribution in [0.3, 0.4) is 0 Å². The lowest BCUT2D eigenvalue weighted by molar-refractivity contribution is -0.152. The Hall–Kier alpha value is -3.63. The van der Waals surface area contributed by atoms with Gasteiger partial charge in [0.15, 0.2) is 6.10 Å². The van der Waals surface area contributed by atoms with Crippen molar-refractivity contribution >= 4 is 41.3 Å². The zero-order valence-corrected chi connectivity index (χ0v) is 22.3. The van der Waals surface area contributed by atoms with E-state index in [1.54, 1.807) is 16.7 Å². The first-order chi connectivity index (χ1) is 17.4. The molecule has 0 saturated carbocycles. The lowest BCUT2D eigenvalue weighted by atomic mass is 10.0. The SMILES string of the molecule is CC(=O)O[C@H]1C(=O)N(CCN(C)C)c2ccc(C)cc2S[C@H]1c1ccc(C)cc1.O=C(O)/C=C\C(=O)O. The summed E-state index contributed by atoms with van der Waals surface area (Å²) in [6.45, 7) is 6.67. The summed E-state index contributed by atoms with van der Waals surface area (Å²) in [6, 6.07) is 14.2. The van der Waals surface area contributed by atoms with Gasteiger partial charge in [0.25, 0.3) is 5.91 Å². The standard InChI is InChI=1S/C23H28N2O3S.C4H4O4/c1-15-6-9-18(10-7-15)22-21(28-17(3)26)23(27)25(13-12-24(4)5)19-11-8-16(2)14-20(19)29-22;5-3(6)1-2-4(7)8/h6-11,14,21-22H,12-13H2,1-5H3;1-2H,(H,5,6)(H,7,8)/b;2-1-/t21-,22+;/m1./s1. The Labute approximate surface area is 220 Å². The number of hydrogen-bond acceptors (Lipinski definition) is 7. The van der Waals surface area contributed by atoms with Crippen molar-refractivity contribution in [2.75, 3.05) is 32.1 Å². The number of esters is 1. The maximum atomic E-state index is 13.6. The van der Waals surface area contributed by atoms with E-state index in [2.05, 4.69) is 6.07 Å². The van der Waals surface area contributed by atoms with E-state index in [4.69, 9.17) is 14.9 Å². The number of aliphatic carboxylic acids is 2. The Balaban J connectivity index is 0.000000521. The lowest BCUT2D eigenvalue weighted by Gasteiger charge is -2.28. The molecule has 2 aromatic rings. The van der Waals surface area contributed by atoms with Gasteiger partial charge in [-0.15, -0.1) is 11.8 Å². The molecule has 0 bridgehead atoms. The zero-order valence-electron chi connectivity index (χ0n) is 21.5. The summed E-state index contributed by atoms with van der Waals surface area (Å²) in [7, 11) is 3.96. The van der Waals surface area contributed by atoms with Crippen LogP contribution < -0.4 is 4.90 Å². The number of anilines is 1. The Kier molecular flexibility index (Phi) is 10.9. The zero-order chi connectivity index (χ0) is 27.7. The molecular formula is C27H32N2O7S. The van der Waals surface area contributed by atoms with Crippen LogP contribution in [0.1, 0.15) is 28.9 Å². The number of benzene rings is 2. The predicted molar refractivity (Wildman–Crippen MR) is 142 cm³/mol. The number of thioether (sulfide) groups is 1. The Morgan fingerprint density at radius 3 is 2.08 bits per heavy atom. The fourth-order valence-corrected chi connectivity index (χ4v) is 4.92. The minimum absolute atomic E-state index is 0.178. The first-order valence-corrected chi connectivity index (χ1v) is 12.4. The van der Waals surface area contributed by atoms with Crippen LogP contribution in [-0.2, 0) is 23.9 Å². The van der Waals surface area contributed by atoms with Crippen LogP contribution in [0.15, 0.2) is 59.5 Å². The van der Waals surface area contributed by atoms with Crippen molar-refractivity contribution < 1.29 is 34.1 Å². The third kappa shape index (κ3) is 9.07. The Bertz CT molecular complexity index is 1150. The molecule has 1 aliphatic rings. The van der Waals surface area contributed by atoms with Gasteiger partial charge >= 0.3 is 17.9 Å². The van der Waals surface area contributed by atoms with Gasteiger partial charge in [-0.05, 0) is 51.2 Å². The number of likely N-dealkylation sites (N-methyl/N-ethyl adjacent to an activating group) is 1. The van der Waals surface area contributed by atoms with Crippen molar-refractivity contribution in [2.45, 2.75) is 37.0 Å². The second-order valence-electron chi connectivity index (χ2n) is 8.75. The monoisotopic (exact) mass is 528 g/mol. The highest BCUT2D eigenvalue weighted by molar-refractivity contribution is 7.99. The molecule has 1 aliphatic heterocycles. The minimum atomic E-state index is -1.26. The number of carbonyl (C=O) groups is 4. The van der Waals surface area contributed by atoms with Crippen LogP contribution in [0, 0.1) is 13.8 Å². The average molecular weight is 529 g/mol. The lowest BCUT2D eigenvalue weighted by Crippen LogP contribution is -2.45. The van der Waals surface area contributed by atoms with E-state index in [0.29, 0.717) is 25.2 Å². The van der Waals surface area contributed by atoms with Gasteiger partial charge in [0.1, 0.15) is 0 Å². The van der Waals surface area contributed by atoms with Gasteiger partial charge in [0, 0.05) is 37.1 Å². The van der Waals surface area contributed by atoms with E-state index in [1.807, 2.05) is 69.2 Å². The highest BCUT2D eigenvalue weighted by Gasteiger charge is 2.40. The third-order valence-corrected chi connectivity index (χ3v) is 6.64. The Morgan fingerprint density at radius 1 is 1.00 bits per heavy atom. The maximum absolute atomic E-state index is 13.6. The number of rotatable bonds is 7. The molecule has 0 saturated heterocycles. The van der Waals surface area contributed by atoms with Gasteiger partial charge in [-0.1, -0.05) is 35.9 Å². The van der Waals surface area contributed by atoms with Crippen molar-refractivity contribution in [2.24, 2.45) is 0 Å². The summed E-state index contributed by atoms with van der Waals surface area (Å²) >= 11 is 1.59. The molecule has 1 heterocycles. The van der Waals surface area contributed by atoms with Gasteiger partial charge in [0.2, 0.25) is 0 Å². The molecule has 2 N–H and O–H groups in total. The topological polar surface area (TPSA) is 124 Å². The second-order valence-corrected chi connectivity index (χ2v) is 9.94. The molecule has 0 radical (unpaired) electrons. The van der Waals surface area contributed by atoms with Crippen molar-refractivity contribution in [3.05, 3.63) is 71.3 Å². The molecular weight excluding hydrogens is 496 g/mol. The molecule has 0 fully saturated rings. The Morgan fingerprint density at radius 2 is 1.57 bits per heavy atom. The summed E-state index contributed by atoms with van der Waals surface area (Å²) in [5, 5.41) is 15.3.